The first-order valence-corrected chi connectivity index (χ1v) is 12.0. The molecule has 2 bridgehead atoms. The van der Waals surface area contributed by atoms with E-state index in [1.807, 2.05) is 0 Å². The average Bonchev–Trinajstić information content (AvgIpc) is 3.46. The number of hydrogen-bond donors (Lipinski definition) is 2. The van der Waals surface area contributed by atoms with E-state index in [1.54, 1.807) is 25.4 Å². The highest BCUT2D eigenvalue weighted by Crippen LogP contribution is 2.69. The Morgan fingerprint density at radius 3 is 2.64 bits per heavy atom. The fraction of sp³-hybridized carbons (Fsp3) is 0.385. The van der Waals surface area contributed by atoms with Crippen LogP contribution in [-0.2, 0) is 11.8 Å². The molecule has 2 aliphatic rings. The summed E-state index contributed by atoms with van der Waals surface area (Å²) >= 11 is 0. The van der Waals surface area contributed by atoms with E-state index >= 15 is 0 Å². The zero-order valence-corrected chi connectivity index (χ0v) is 20.1. The lowest BCUT2D eigenvalue weighted by Gasteiger charge is -2.37. The molecule has 0 spiro atoms. The number of H-pyrrole nitrogens is 1. The Labute approximate surface area is 206 Å². The molecule has 36 heavy (non-hydrogen) atoms. The fourth-order valence-electron chi connectivity index (χ4n) is 6.21. The summed E-state index contributed by atoms with van der Waals surface area (Å²) in [4.78, 5) is 13.9. The largest absolute Gasteiger partial charge is 0.393 e. The molecule has 1 aromatic carbocycles. The van der Waals surface area contributed by atoms with Gasteiger partial charge in [-0.05, 0) is 54.9 Å². The maximum atomic E-state index is 14.5. The molecular formula is C26H25F2N7O. The minimum atomic E-state index is -0.665. The van der Waals surface area contributed by atoms with Crippen LogP contribution in [0, 0.1) is 17.0 Å². The number of rotatable bonds is 5. The van der Waals surface area contributed by atoms with E-state index in [2.05, 4.69) is 44.2 Å². The van der Waals surface area contributed by atoms with E-state index in [4.69, 9.17) is 4.98 Å². The number of aliphatic hydroxyl groups excluding tert-OH is 1. The van der Waals surface area contributed by atoms with Gasteiger partial charge in [0.25, 0.3) is 0 Å². The van der Waals surface area contributed by atoms with Crippen molar-refractivity contribution in [3.63, 3.8) is 0 Å². The molecule has 2 aliphatic carbocycles. The molecule has 1 fully saturated rings. The predicted octanol–water partition coefficient (Wildman–Crippen LogP) is 4.12. The third kappa shape index (κ3) is 3.13. The average molecular weight is 490 g/mol. The number of fused-ring (bicyclic) bond motifs is 5. The summed E-state index contributed by atoms with van der Waals surface area (Å²) in [6, 6.07) is 5.57. The van der Waals surface area contributed by atoms with Crippen molar-refractivity contribution in [2.45, 2.75) is 57.5 Å². The van der Waals surface area contributed by atoms with Gasteiger partial charge in [0.1, 0.15) is 17.3 Å². The molecule has 1 saturated carbocycles. The Kier molecular flexibility index (Phi) is 5.01. The molecule has 4 aromatic rings. The van der Waals surface area contributed by atoms with Crippen LogP contribution < -0.4 is 0 Å². The van der Waals surface area contributed by atoms with Gasteiger partial charge in [-0.1, -0.05) is 19.9 Å². The van der Waals surface area contributed by atoms with Crippen LogP contribution in [0.4, 0.5) is 8.78 Å². The van der Waals surface area contributed by atoms with Crippen LogP contribution in [0.15, 0.2) is 36.7 Å². The van der Waals surface area contributed by atoms with Gasteiger partial charge in [-0.15, -0.1) is 5.10 Å². The van der Waals surface area contributed by atoms with E-state index in [0.717, 1.165) is 29.8 Å². The van der Waals surface area contributed by atoms with Crippen molar-refractivity contribution in [3.05, 3.63) is 71.1 Å². The Morgan fingerprint density at radius 2 is 1.89 bits per heavy atom. The first-order valence-electron chi connectivity index (χ1n) is 12.0. The van der Waals surface area contributed by atoms with Gasteiger partial charge in [0.2, 0.25) is 0 Å². The second-order valence-corrected chi connectivity index (χ2v) is 10.3. The van der Waals surface area contributed by atoms with Crippen molar-refractivity contribution in [2.75, 3.05) is 0 Å². The zero-order chi connectivity index (χ0) is 25.2. The molecule has 3 heterocycles. The predicted molar refractivity (Wildman–Crippen MR) is 127 cm³/mol. The molecule has 0 aliphatic heterocycles. The van der Waals surface area contributed by atoms with Crippen LogP contribution in [0.5, 0.6) is 0 Å². The van der Waals surface area contributed by atoms with Gasteiger partial charge in [0.15, 0.2) is 11.6 Å². The van der Waals surface area contributed by atoms with Crippen LogP contribution >= 0.6 is 0 Å². The van der Waals surface area contributed by atoms with Gasteiger partial charge in [-0.2, -0.15) is 10.2 Å². The Morgan fingerprint density at radius 1 is 1.11 bits per heavy atom. The van der Waals surface area contributed by atoms with Crippen LogP contribution in [0.1, 0.15) is 62.3 Å². The second kappa shape index (κ2) is 7.92. The molecule has 2 N–H and O–H groups in total. The van der Waals surface area contributed by atoms with E-state index in [9.17, 15) is 13.9 Å². The molecule has 3 atom stereocenters. The third-order valence-corrected chi connectivity index (χ3v) is 7.93. The van der Waals surface area contributed by atoms with Gasteiger partial charge in [0, 0.05) is 12.6 Å². The molecule has 3 aromatic heterocycles. The Balaban J connectivity index is 1.46. The van der Waals surface area contributed by atoms with Gasteiger partial charge >= 0.3 is 0 Å². The summed E-state index contributed by atoms with van der Waals surface area (Å²) in [6.45, 7) is 6.04. The SMILES string of the molecule is CC(O)Cc1n[nH]c(-c2cncc([C@@]34CC[C@@H](c5cc(-c6c(F)cccc6F)nnc53)C4(C)C)n2)n1. The van der Waals surface area contributed by atoms with E-state index < -0.39 is 23.2 Å². The van der Waals surface area contributed by atoms with E-state index in [-0.39, 0.29) is 22.6 Å². The van der Waals surface area contributed by atoms with Gasteiger partial charge in [-0.25, -0.2) is 18.7 Å². The van der Waals surface area contributed by atoms with E-state index in [1.165, 1.54) is 18.2 Å². The number of halogens is 2. The maximum absolute atomic E-state index is 14.5. The molecule has 0 saturated heterocycles. The molecule has 1 unspecified atom stereocenters. The topological polar surface area (TPSA) is 113 Å². The van der Waals surface area contributed by atoms with Crippen LogP contribution in [0.3, 0.4) is 0 Å². The normalized spacial score (nSPS) is 22.6. The lowest BCUT2D eigenvalue weighted by atomic mass is 9.66. The third-order valence-electron chi connectivity index (χ3n) is 7.93. The summed E-state index contributed by atoms with van der Waals surface area (Å²) in [7, 11) is 0. The van der Waals surface area contributed by atoms with Crippen molar-refractivity contribution >= 4 is 0 Å². The van der Waals surface area contributed by atoms with Crippen LogP contribution in [-0.4, -0.2) is 46.6 Å². The smallest absolute Gasteiger partial charge is 0.176 e. The van der Waals surface area contributed by atoms with Crippen molar-refractivity contribution in [1.29, 1.82) is 0 Å². The van der Waals surface area contributed by atoms with E-state index in [0.29, 0.717) is 23.8 Å². The van der Waals surface area contributed by atoms with Crippen molar-refractivity contribution < 1.29 is 13.9 Å². The zero-order valence-electron chi connectivity index (χ0n) is 20.1. The van der Waals surface area contributed by atoms with Gasteiger partial charge in [0.05, 0.1) is 40.4 Å². The Hall–Kier alpha value is -3.66. The quantitative estimate of drug-likeness (QED) is 0.433. The lowest BCUT2D eigenvalue weighted by molar-refractivity contribution is 0.193. The van der Waals surface area contributed by atoms with Crippen molar-refractivity contribution in [3.8, 4) is 22.8 Å². The molecule has 6 rings (SSSR count). The molecule has 0 amide bonds. The summed E-state index contributed by atoms with van der Waals surface area (Å²) in [6.07, 6.45) is 4.84. The molecule has 10 heteroatoms. The molecule has 8 nitrogen and oxygen atoms in total. The first-order chi connectivity index (χ1) is 17.2. The number of benzene rings is 1. The Bertz CT molecular complexity index is 1460. The summed E-state index contributed by atoms with van der Waals surface area (Å²) in [5.41, 5.74) is 2.21. The summed E-state index contributed by atoms with van der Waals surface area (Å²) in [5, 5.41) is 25.6. The lowest BCUT2D eigenvalue weighted by Crippen LogP contribution is -2.38. The van der Waals surface area contributed by atoms with Gasteiger partial charge < -0.3 is 5.11 Å². The molecular weight excluding hydrogens is 464 g/mol. The number of hydrogen-bond acceptors (Lipinski definition) is 7. The van der Waals surface area contributed by atoms with Crippen molar-refractivity contribution in [2.24, 2.45) is 5.41 Å². The number of nitrogens with one attached hydrogen (secondary N) is 1. The number of nitrogens with zero attached hydrogens (tertiary/aromatic N) is 6. The summed E-state index contributed by atoms with van der Waals surface area (Å²) in [5.74, 6) is -0.232. The van der Waals surface area contributed by atoms with Crippen LogP contribution in [0.2, 0.25) is 0 Å². The highest BCUT2D eigenvalue weighted by Gasteiger charge is 2.65. The number of aromatic nitrogens is 7. The standard InChI is InChI=1S/C26H25F2N7O/c1-13(36)9-21-31-24(35-33-21)19-11-29-12-20(30-19)26-8-7-15(25(26,2)3)14-10-18(32-34-23(14)26)22-16(27)5-4-6-17(22)28/h4-6,10-13,15,36H,7-9H2,1-3H3,(H,31,33,35)/t13?,15-,26-/m0/s1. The minimum absolute atomic E-state index is 0.130. The van der Waals surface area contributed by atoms with Crippen molar-refractivity contribution in [1.82, 2.24) is 35.3 Å². The number of aliphatic hydroxyl groups is 1. The second-order valence-electron chi connectivity index (χ2n) is 10.3. The first kappa shape index (κ1) is 22.8. The highest BCUT2D eigenvalue weighted by molar-refractivity contribution is 5.64. The summed E-state index contributed by atoms with van der Waals surface area (Å²) < 4.78 is 29.0. The molecule has 0 radical (unpaired) electrons. The maximum Gasteiger partial charge on any atom is 0.176 e. The number of aromatic amines is 1. The van der Waals surface area contributed by atoms with Gasteiger partial charge in [-0.3, -0.25) is 10.1 Å². The monoisotopic (exact) mass is 489 g/mol. The highest BCUT2D eigenvalue weighted by atomic mass is 19.1. The van der Waals surface area contributed by atoms with Crippen LogP contribution in [0.25, 0.3) is 22.8 Å². The molecule has 184 valence electrons. The minimum Gasteiger partial charge on any atom is -0.393 e. The fourth-order valence-corrected chi connectivity index (χ4v) is 6.21.